The van der Waals surface area contributed by atoms with Crippen molar-refractivity contribution in [3.05, 3.63) is 59.7 Å². The summed E-state index contributed by atoms with van der Waals surface area (Å²) in [6.45, 7) is 7.76. The van der Waals surface area contributed by atoms with Crippen LogP contribution in [0, 0.1) is 0 Å². The standard InChI is InChI=1S/C22H30N2O2/c1-5-24(4)17-11-12-18-19(15-17)26-22(2,3)21(25)20(18)23-14-13-16-9-7-6-8-10-16/h6-12,15,20-21,23,25H,5,13-14H2,1-4H3. The summed E-state index contributed by atoms with van der Waals surface area (Å²) in [4.78, 5) is 2.18. The number of nitrogens with one attached hydrogen (secondary N) is 1. The third-order valence-corrected chi connectivity index (χ3v) is 5.27. The van der Waals surface area contributed by atoms with Crippen molar-refractivity contribution in [2.24, 2.45) is 0 Å². The van der Waals surface area contributed by atoms with Crippen molar-refractivity contribution in [3.63, 3.8) is 0 Å². The second kappa shape index (κ2) is 7.68. The van der Waals surface area contributed by atoms with E-state index in [1.165, 1.54) is 5.56 Å². The van der Waals surface area contributed by atoms with Crippen LogP contribution in [0.2, 0.25) is 0 Å². The predicted molar refractivity (Wildman–Crippen MR) is 107 cm³/mol. The highest BCUT2D eigenvalue weighted by Gasteiger charge is 2.42. The Bertz CT molecular complexity index is 730. The number of hydrogen-bond donors (Lipinski definition) is 2. The zero-order chi connectivity index (χ0) is 18.7. The molecule has 3 rings (SSSR count). The Kier molecular flexibility index (Phi) is 5.54. The molecule has 1 heterocycles. The minimum absolute atomic E-state index is 0.140. The summed E-state index contributed by atoms with van der Waals surface area (Å²) < 4.78 is 6.15. The van der Waals surface area contributed by atoms with Gasteiger partial charge in [-0.15, -0.1) is 0 Å². The molecule has 0 saturated carbocycles. The molecule has 4 nitrogen and oxygen atoms in total. The molecule has 4 heteroatoms. The highest BCUT2D eigenvalue weighted by Crippen LogP contribution is 2.41. The van der Waals surface area contributed by atoms with Crippen LogP contribution in [0.15, 0.2) is 48.5 Å². The summed E-state index contributed by atoms with van der Waals surface area (Å²) >= 11 is 0. The smallest absolute Gasteiger partial charge is 0.131 e. The molecule has 0 saturated heterocycles. The van der Waals surface area contributed by atoms with Gasteiger partial charge < -0.3 is 20.1 Å². The van der Waals surface area contributed by atoms with Crippen molar-refractivity contribution in [2.75, 3.05) is 25.0 Å². The van der Waals surface area contributed by atoms with E-state index in [2.05, 4.69) is 66.7 Å². The van der Waals surface area contributed by atoms with E-state index in [1.807, 2.05) is 19.9 Å². The van der Waals surface area contributed by atoms with Gasteiger partial charge in [0.1, 0.15) is 17.5 Å². The molecular weight excluding hydrogens is 324 g/mol. The number of hydrogen-bond acceptors (Lipinski definition) is 4. The molecule has 0 aliphatic carbocycles. The topological polar surface area (TPSA) is 44.7 Å². The predicted octanol–water partition coefficient (Wildman–Crippen LogP) is 3.55. The fourth-order valence-electron chi connectivity index (χ4n) is 3.44. The van der Waals surface area contributed by atoms with Crippen LogP contribution in [0.25, 0.3) is 0 Å². The Hall–Kier alpha value is -2.04. The fraction of sp³-hybridized carbons (Fsp3) is 0.455. The Labute approximate surface area is 156 Å². The Morgan fingerprint density at radius 1 is 1.15 bits per heavy atom. The van der Waals surface area contributed by atoms with Gasteiger partial charge in [-0.1, -0.05) is 36.4 Å². The second-order valence-corrected chi connectivity index (χ2v) is 7.55. The van der Waals surface area contributed by atoms with Crippen molar-refractivity contribution >= 4 is 5.69 Å². The summed E-state index contributed by atoms with van der Waals surface area (Å²) in [5.41, 5.74) is 2.81. The van der Waals surface area contributed by atoms with E-state index in [0.717, 1.165) is 36.5 Å². The highest BCUT2D eigenvalue weighted by atomic mass is 16.5. The minimum atomic E-state index is -0.638. The van der Waals surface area contributed by atoms with Crippen LogP contribution in [0.4, 0.5) is 5.69 Å². The summed E-state index contributed by atoms with van der Waals surface area (Å²) in [7, 11) is 2.07. The van der Waals surface area contributed by atoms with E-state index >= 15 is 0 Å². The van der Waals surface area contributed by atoms with E-state index in [9.17, 15) is 5.11 Å². The number of fused-ring (bicyclic) bond motifs is 1. The maximum Gasteiger partial charge on any atom is 0.131 e. The Morgan fingerprint density at radius 2 is 1.88 bits per heavy atom. The third-order valence-electron chi connectivity index (χ3n) is 5.27. The first kappa shape index (κ1) is 18.7. The molecule has 0 radical (unpaired) electrons. The number of aliphatic hydroxyl groups excluding tert-OH is 1. The van der Waals surface area contributed by atoms with E-state index in [4.69, 9.17) is 4.74 Å². The number of anilines is 1. The summed E-state index contributed by atoms with van der Waals surface area (Å²) in [6, 6.07) is 16.5. The average molecular weight is 354 g/mol. The molecule has 2 N–H and O–H groups in total. The number of aliphatic hydroxyl groups is 1. The monoisotopic (exact) mass is 354 g/mol. The lowest BCUT2D eigenvalue weighted by molar-refractivity contribution is -0.0643. The van der Waals surface area contributed by atoms with E-state index < -0.39 is 11.7 Å². The van der Waals surface area contributed by atoms with Gasteiger partial charge in [0.15, 0.2) is 0 Å². The molecule has 26 heavy (non-hydrogen) atoms. The fourth-order valence-corrected chi connectivity index (χ4v) is 3.44. The first-order valence-corrected chi connectivity index (χ1v) is 9.42. The number of ether oxygens (including phenoxy) is 1. The number of nitrogens with zero attached hydrogens (tertiary/aromatic N) is 1. The van der Waals surface area contributed by atoms with Crippen LogP contribution in [0.3, 0.4) is 0 Å². The van der Waals surface area contributed by atoms with E-state index in [1.54, 1.807) is 0 Å². The van der Waals surface area contributed by atoms with Gasteiger partial charge in [-0.25, -0.2) is 0 Å². The lowest BCUT2D eigenvalue weighted by Crippen LogP contribution is -2.52. The van der Waals surface area contributed by atoms with Crippen molar-refractivity contribution in [1.82, 2.24) is 5.32 Å². The molecule has 140 valence electrons. The molecule has 1 aliphatic heterocycles. The summed E-state index contributed by atoms with van der Waals surface area (Å²) in [5, 5.41) is 14.4. The number of rotatable bonds is 6. The van der Waals surface area contributed by atoms with Crippen LogP contribution in [0.1, 0.15) is 37.9 Å². The molecule has 0 spiro atoms. The van der Waals surface area contributed by atoms with Crippen LogP contribution in [-0.4, -0.2) is 36.9 Å². The van der Waals surface area contributed by atoms with Crippen molar-refractivity contribution in [2.45, 2.75) is 44.9 Å². The largest absolute Gasteiger partial charge is 0.485 e. The SMILES string of the molecule is CCN(C)c1ccc2c(c1)OC(C)(C)C(O)C2NCCc1ccccc1. The summed E-state index contributed by atoms with van der Waals surface area (Å²) in [6.07, 6.45) is 0.317. The maximum absolute atomic E-state index is 10.9. The molecule has 2 aromatic carbocycles. The lowest BCUT2D eigenvalue weighted by Gasteiger charge is -2.42. The molecule has 2 aromatic rings. The molecular formula is C22H30N2O2. The quantitative estimate of drug-likeness (QED) is 0.833. The molecule has 2 atom stereocenters. The molecule has 2 unspecified atom stereocenters. The minimum Gasteiger partial charge on any atom is -0.485 e. The lowest BCUT2D eigenvalue weighted by atomic mass is 9.86. The van der Waals surface area contributed by atoms with Gasteiger partial charge in [0.05, 0.1) is 6.04 Å². The Balaban J connectivity index is 1.80. The third kappa shape index (κ3) is 3.87. The molecule has 0 aromatic heterocycles. The average Bonchev–Trinajstić information content (AvgIpc) is 2.64. The molecule has 1 aliphatic rings. The van der Waals surface area contributed by atoms with Gasteiger partial charge in [-0.2, -0.15) is 0 Å². The molecule has 0 bridgehead atoms. The zero-order valence-electron chi connectivity index (χ0n) is 16.2. The first-order valence-electron chi connectivity index (χ1n) is 9.42. The molecule has 0 fully saturated rings. The van der Waals surface area contributed by atoms with Crippen LogP contribution >= 0.6 is 0 Å². The Morgan fingerprint density at radius 3 is 2.58 bits per heavy atom. The van der Waals surface area contributed by atoms with Gasteiger partial charge >= 0.3 is 0 Å². The van der Waals surface area contributed by atoms with Crippen LogP contribution in [-0.2, 0) is 6.42 Å². The van der Waals surface area contributed by atoms with E-state index in [0.29, 0.717) is 0 Å². The zero-order valence-corrected chi connectivity index (χ0v) is 16.2. The van der Waals surface area contributed by atoms with Crippen molar-refractivity contribution in [1.29, 1.82) is 0 Å². The van der Waals surface area contributed by atoms with Gasteiger partial charge in [-0.3, -0.25) is 0 Å². The second-order valence-electron chi connectivity index (χ2n) is 7.55. The van der Waals surface area contributed by atoms with Gasteiger partial charge in [0.25, 0.3) is 0 Å². The highest BCUT2D eigenvalue weighted by molar-refractivity contribution is 5.55. The van der Waals surface area contributed by atoms with Gasteiger partial charge in [-0.05, 0) is 45.4 Å². The maximum atomic E-state index is 10.9. The van der Waals surface area contributed by atoms with Crippen molar-refractivity contribution in [3.8, 4) is 5.75 Å². The molecule has 0 amide bonds. The normalized spacial score (nSPS) is 21.0. The summed E-state index contributed by atoms with van der Waals surface area (Å²) in [5.74, 6) is 0.857. The van der Waals surface area contributed by atoms with Crippen molar-refractivity contribution < 1.29 is 9.84 Å². The van der Waals surface area contributed by atoms with Crippen LogP contribution < -0.4 is 15.0 Å². The van der Waals surface area contributed by atoms with Gasteiger partial charge in [0, 0.05) is 30.9 Å². The van der Waals surface area contributed by atoms with Crippen LogP contribution in [0.5, 0.6) is 5.75 Å². The first-order chi connectivity index (χ1) is 12.4. The van der Waals surface area contributed by atoms with Gasteiger partial charge in [0.2, 0.25) is 0 Å². The van der Waals surface area contributed by atoms with E-state index in [-0.39, 0.29) is 6.04 Å². The number of benzene rings is 2.